The minimum absolute atomic E-state index is 0.0867. The van der Waals surface area contributed by atoms with Gasteiger partial charge in [0.1, 0.15) is 5.03 Å². The van der Waals surface area contributed by atoms with Gasteiger partial charge in [0, 0.05) is 25.8 Å². The maximum absolute atomic E-state index is 13.0. The molecular weight excluding hydrogens is 354 g/mol. The van der Waals surface area contributed by atoms with Crippen LogP contribution in [0.1, 0.15) is 35.2 Å². The molecule has 4 nitrogen and oxygen atoms in total. The van der Waals surface area contributed by atoms with Gasteiger partial charge in [-0.15, -0.1) is 11.8 Å². The minimum atomic E-state index is 0.0867. The van der Waals surface area contributed by atoms with Gasteiger partial charge in [0.2, 0.25) is 0 Å². The molecule has 1 aliphatic rings. The van der Waals surface area contributed by atoms with E-state index < -0.39 is 0 Å². The molecule has 0 saturated carbocycles. The van der Waals surface area contributed by atoms with E-state index in [0.29, 0.717) is 5.56 Å². The summed E-state index contributed by atoms with van der Waals surface area (Å²) in [5, 5.41) is 0.810. The van der Waals surface area contributed by atoms with Crippen LogP contribution >= 0.6 is 11.8 Å². The number of aromatic nitrogens is 1. The predicted molar refractivity (Wildman–Crippen MR) is 112 cm³/mol. The predicted octanol–water partition coefficient (Wildman–Crippen LogP) is 3.97. The first kappa shape index (κ1) is 19.9. The van der Waals surface area contributed by atoms with E-state index in [2.05, 4.69) is 40.2 Å². The summed E-state index contributed by atoms with van der Waals surface area (Å²) in [6.07, 6.45) is 8.21. The highest BCUT2D eigenvalue weighted by molar-refractivity contribution is 7.98. The normalized spacial score (nSPS) is 17.6. The molecule has 2 heterocycles. The third-order valence-corrected chi connectivity index (χ3v) is 6.04. The monoisotopic (exact) mass is 383 g/mol. The lowest BCUT2D eigenvalue weighted by Crippen LogP contribution is -2.48. The first-order chi connectivity index (χ1) is 13.2. The Morgan fingerprint density at radius 1 is 1.26 bits per heavy atom. The van der Waals surface area contributed by atoms with Crippen LogP contribution in [0.5, 0.6) is 0 Å². The molecule has 5 heteroatoms. The van der Waals surface area contributed by atoms with Gasteiger partial charge in [-0.2, -0.15) is 0 Å². The molecule has 1 atom stereocenters. The van der Waals surface area contributed by atoms with Crippen LogP contribution in [-0.2, 0) is 6.42 Å². The first-order valence-corrected chi connectivity index (χ1v) is 10.9. The lowest BCUT2D eigenvalue weighted by Gasteiger charge is -2.37. The van der Waals surface area contributed by atoms with Crippen LogP contribution in [0.3, 0.4) is 0 Å². The Hall–Kier alpha value is -1.85. The number of benzene rings is 1. The smallest absolute Gasteiger partial charge is 0.256 e. The largest absolute Gasteiger partial charge is 0.337 e. The fourth-order valence-electron chi connectivity index (χ4n) is 3.77. The van der Waals surface area contributed by atoms with Gasteiger partial charge in [-0.05, 0) is 62.7 Å². The number of carbonyl (C=O) groups is 1. The molecule has 0 spiro atoms. The van der Waals surface area contributed by atoms with Crippen LogP contribution in [0.2, 0.25) is 0 Å². The molecule has 0 bridgehead atoms. The van der Waals surface area contributed by atoms with E-state index in [4.69, 9.17) is 0 Å². The summed E-state index contributed by atoms with van der Waals surface area (Å²) < 4.78 is 0. The van der Waals surface area contributed by atoms with E-state index in [0.717, 1.165) is 50.3 Å². The highest BCUT2D eigenvalue weighted by Gasteiger charge is 2.27. The van der Waals surface area contributed by atoms with Crippen LogP contribution in [0.4, 0.5) is 0 Å². The van der Waals surface area contributed by atoms with Gasteiger partial charge in [0.25, 0.3) is 5.91 Å². The molecule has 1 aromatic carbocycles. The van der Waals surface area contributed by atoms with Crippen LogP contribution in [0, 0.1) is 0 Å². The van der Waals surface area contributed by atoms with Crippen molar-refractivity contribution in [1.82, 2.24) is 14.8 Å². The van der Waals surface area contributed by atoms with Crippen LogP contribution in [-0.4, -0.2) is 59.7 Å². The number of thioether (sulfide) groups is 1. The standard InChI is InChI=1S/C22H29N3OS/c1-24(22(26)20-13-6-14-23-21(20)27-2)19-12-8-16-25(17-19)15-7-11-18-9-4-3-5-10-18/h3-6,9-10,13-14,19H,7-8,11-12,15-17H2,1-2H3. The number of amides is 1. The van der Waals surface area contributed by atoms with E-state index in [9.17, 15) is 4.79 Å². The molecule has 1 saturated heterocycles. The molecule has 144 valence electrons. The van der Waals surface area contributed by atoms with Crippen molar-refractivity contribution in [1.29, 1.82) is 0 Å². The lowest BCUT2D eigenvalue weighted by molar-refractivity contribution is 0.0613. The number of rotatable bonds is 7. The summed E-state index contributed by atoms with van der Waals surface area (Å²) >= 11 is 1.53. The average Bonchev–Trinajstić information content (AvgIpc) is 2.73. The summed E-state index contributed by atoms with van der Waals surface area (Å²) in [5.41, 5.74) is 2.12. The van der Waals surface area contributed by atoms with Crippen molar-refractivity contribution in [2.45, 2.75) is 36.8 Å². The number of likely N-dealkylation sites (tertiary alicyclic amines) is 1. The summed E-state index contributed by atoms with van der Waals surface area (Å²) in [6.45, 7) is 3.19. The second kappa shape index (κ2) is 9.90. The molecular formula is C22H29N3OS. The summed E-state index contributed by atoms with van der Waals surface area (Å²) in [7, 11) is 1.94. The van der Waals surface area contributed by atoms with Gasteiger partial charge in [-0.25, -0.2) is 4.98 Å². The van der Waals surface area contributed by atoms with Gasteiger partial charge in [0.15, 0.2) is 0 Å². The summed E-state index contributed by atoms with van der Waals surface area (Å²) in [4.78, 5) is 21.8. The van der Waals surface area contributed by atoms with Crippen molar-refractivity contribution in [3.05, 3.63) is 59.8 Å². The molecule has 0 radical (unpaired) electrons. The van der Waals surface area contributed by atoms with Crippen molar-refractivity contribution >= 4 is 17.7 Å². The third-order valence-electron chi connectivity index (χ3n) is 5.33. The summed E-state index contributed by atoms with van der Waals surface area (Å²) in [6, 6.07) is 14.7. The molecule has 1 aliphatic heterocycles. The molecule has 0 N–H and O–H groups in total. The van der Waals surface area contributed by atoms with Crippen LogP contribution in [0.25, 0.3) is 0 Å². The Bertz CT molecular complexity index is 737. The maximum Gasteiger partial charge on any atom is 0.256 e. The van der Waals surface area contributed by atoms with Gasteiger partial charge >= 0.3 is 0 Å². The number of piperidine rings is 1. The Labute approximate surface area is 167 Å². The summed E-state index contributed by atoms with van der Waals surface area (Å²) in [5.74, 6) is 0.0867. The zero-order valence-electron chi connectivity index (χ0n) is 16.3. The fourth-order valence-corrected chi connectivity index (χ4v) is 4.32. The second-order valence-corrected chi connectivity index (χ2v) is 7.96. The van der Waals surface area contributed by atoms with Crippen molar-refractivity contribution in [2.75, 3.05) is 32.9 Å². The van der Waals surface area contributed by atoms with E-state index in [1.165, 1.54) is 17.3 Å². The number of hydrogen-bond donors (Lipinski definition) is 0. The second-order valence-electron chi connectivity index (χ2n) is 7.16. The topological polar surface area (TPSA) is 36.4 Å². The molecule has 2 aromatic rings. The average molecular weight is 384 g/mol. The number of likely N-dealkylation sites (N-methyl/N-ethyl adjacent to an activating group) is 1. The van der Waals surface area contributed by atoms with Crippen LogP contribution < -0.4 is 0 Å². The van der Waals surface area contributed by atoms with Crippen molar-refractivity contribution < 1.29 is 4.79 Å². The maximum atomic E-state index is 13.0. The third kappa shape index (κ3) is 5.33. The highest BCUT2D eigenvalue weighted by Crippen LogP contribution is 2.22. The van der Waals surface area contributed by atoms with E-state index in [-0.39, 0.29) is 11.9 Å². The van der Waals surface area contributed by atoms with E-state index in [1.54, 1.807) is 6.20 Å². The zero-order chi connectivity index (χ0) is 19.1. The molecule has 1 fully saturated rings. The van der Waals surface area contributed by atoms with E-state index in [1.807, 2.05) is 30.3 Å². The quantitative estimate of drug-likeness (QED) is 0.678. The van der Waals surface area contributed by atoms with Gasteiger partial charge in [-0.1, -0.05) is 30.3 Å². The Morgan fingerprint density at radius 2 is 2.07 bits per heavy atom. The number of hydrogen-bond acceptors (Lipinski definition) is 4. The number of carbonyl (C=O) groups excluding carboxylic acids is 1. The van der Waals surface area contributed by atoms with E-state index >= 15 is 0 Å². The van der Waals surface area contributed by atoms with Crippen molar-refractivity contribution in [2.24, 2.45) is 0 Å². The first-order valence-electron chi connectivity index (χ1n) is 9.71. The fraction of sp³-hybridized carbons (Fsp3) is 0.455. The lowest BCUT2D eigenvalue weighted by atomic mass is 10.0. The number of nitrogens with zero attached hydrogens (tertiary/aromatic N) is 3. The molecule has 3 rings (SSSR count). The van der Waals surface area contributed by atoms with Gasteiger partial charge in [0.05, 0.1) is 5.56 Å². The highest BCUT2D eigenvalue weighted by atomic mass is 32.2. The Morgan fingerprint density at radius 3 is 2.85 bits per heavy atom. The number of pyridine rings is 1. The molecule has 1 amide bonds. The molecule has 1 unspecified atom stereocenters. The Kier molecular flexibility index (Phi) is 7.30. The van der Waals surface area contributed by atoms with Crippen LogP contribution in [0.15, 0.2) is 53.7 Å². The van der Waals surface area contributed by atoms with Crippen molar-refractivity contribution in [3.63, 3.8) is 0 Å². The zero-order valence-corrected chi connectivity index (χ0v) is 17.1. The Balaban J connectivity index is 1.54. The van der Waals surface area contributed by atoms with Crippen molar-refractivity contribution in [3.8, 4) is 0 Å². The molecule has 0 aliphatic carbocycles. The molecule has 27 heavy (non-hydrogen) atoms. The van der Waals surface area contributed by atoms with Gasteiger partial charge < -0.3 is 9.80 Å². The SMILES string of the molecule is CSc1ncccc1C(=O)N(C)C1CCCN(CCCc2ccccc2)C1. The molecule has 1 aromatic heterocycles. The van der Waals surface area contributed by atoms with Gasteiger partial charge in [-0.3, -0.25) is 4.79 Å². The number of aryl methyl sites for hydroxylation is 1. The minimum Gasteiger partial charge on any atom is -0.337 e.